The zero-order valence-corrected chi connectivity index (χ0v) is 18.5. The summed E-state index contributed by atoms with van der Waals surface area (Å²) in [6, 6.07) is 16.7. The molecule has 1 fully saturated rings. The minimum atomic E-state index is 0.280. The van der Waals surface area contributed by atoms with E-state index in [1.54, 1.807) is 0 Å². The minimum Gasteiger partial charge on any atom is -0.355 e. The number of aryl methyl sites for hydroxylation is 2. The van der Waals surface area contributed by atoms with Crippen LogP contribution in [0, 0.1) is 13.8 Å². The van der Waals surface area contributed by atoms with Gasteiger partial charge in [-0.25, -0.2) is 9.67 Å². The lowest BCUT2D eigenvalue weighted by molar-refractivity contribution is 0.762. The molecule has 0 atom stereocenters. The van der Waals surface area contributed by atoms with E-state index in [1.807, 2.05) is 49.6 Å². The van der Waals surface area contributed by atoms with Crippen LogP contribution in [-0.4, -0.2) is 39.1 Å². The third kappa shape index (κ3) is 5.02. The summed E-state index contributed by atoms with van der Waals surface area (Å²) in [5, 5.41) is 11.4. The number of hydrogen-bond acceptors (Lipinski definition) is 4. The summed E-state index contributed by atoms with van der Waals surface area (Å²) in [4.78, 5) is 10.3. The Labute approximate surface area is 182 Å². The molecule has 7 heteroatoms. The molecule has 0 amide bonds. The van der Waals surface area contributed by atoms with Crippen LogP contribution in [0.1, 0.15) is 29.8 Å². The Balaban J connectivity index is 1.29. The normalized spacial score (nSPS) is 15.1. The molecule has 0 saturated heterocycles. The second-order valence-corrected chi connectivity index (χ2v) is 9.28. The van der Waals surface area contributed by atoms with Gasteiger partial charge in [-0.1, -0.05) is 24.3 Å². The van der Waals surface area contributed by atoms with Crippen LogP contribution in [0.15, 0.2) is 64.6 Å². The van der Waals surface area contributed by atoms with Crippen LogP contribution in [0.2, 0.25) is 0 Å². The van der Waals surface area contributed by atoms with Gasteiger partial charge >= 0.3 is 0 Å². The average molecular weight is 421 g/mol. The van der Waals surface area contributed by atoms with E-state index in [0.29, 0.717) is 6.54 Å². The fraction of sp³-hybridized carbons (Fsp3) is 0.348. The molecule has 30 heavy (non-hydrogen) atoms. The predicted octanol–water partition coefficient (Wildman–Crippen LogP) is 3.87. The number of guanidine groups is 1. The molecular weight excluding hydrogens is 392 g/mol. The van der Waals surface area contributed by atoms with Crippen molar-refractivity contribution < 1.29 is 0 Å². The molecule has 3 aromatic rings. The van der Waals surface area contributed by atoms with Gasteiger partial charge in [-0.3, -0.25) is 4.99 Å². The Hall–Kier alpha value is -2.80. The van der Waals surface area contributed by atoms with E-state index >= 15 is 0 Å². The van der Waals surface area contributed by atoms with Gasteiger partial charge < -0.3 is 10.6 Å². The van der Waals surface area contributed by atoms with Gasteiger partial charge in [-0.05, 0) is 56.5 Å². The second-order valence-electron chi connectivity index (χ2n) is 7.74. The van der Waals surface area contributed by atoms with Crippen molar-refractivity contribution in [1.82, 2.24) is 25.4 Å². The predicted molar refractivity (Wildman–Crippen MR) is 123 cm³/mol. The average Bonchev–Trinajstić information content (AvgIpc) is 3.44. The quantitative estimate of drug-likeness (QED) is 0.449. The summed E-state index contributed by atoms with van der Waals surface area (Å²) >= 11 is 1.96. The first kappa shape index (κ1) is 20.5. The number of nitrogens with zero attached hydrogens (tertiary/aromatic N) is 4. The van der Waals surface area contributed by atoms with E-state index in [0.717, 1.165) is 35.3 Å². The summed E-state index contributed by atoms with van der Waals surface area (Å²) in [5.41, 5.74) is 3.18. The van der Waals surface area contributed by atoms with Crippen LogP contribution < -0.4 is 10.6 Å². The van der Waals surface area contributed by atoms with E-state index in [-0.39, 0.29) is 4.75 Å². The number of pyridine rings is 1. The van der Waals surface area contributed by atoms with E-state index < -0.39 is 0 Å². The van der Waals surface area contributed by atoms with Gasteiger partial charge in [0.2, 0.25) is 0 Å². The number of rotatable bonds is 7. The van der Waals surface area contributed by atoms with Crippen LogP contribution in [0.4, 0.5) is 0 Å². The molecule has 2 N–H and O–H groups in total. The van der Waals surface area contributed by atoms with Crippen LogP contribution >= 0.6 is 11.8 Å². The molecule has 4 rings (SSSR count). The number of benzene rings is 1. The van der Waals surface area contributed by atoms with Gasteiger partial charge in [0, 0.05) is 41.7 Å². The van der Waals surface area contributed by atoms with Gasteiger partial charge in [0.1, 0.15) is 0 Å². The van der Waals surface area contributed by atoms with Crippen molar-refractivity contribution in [2.75, 3.05) is 13.6 Å². The summed E-state index contributed by atoms with van der Waals surface area (Å²) in [6.45, 7) is 5.60. The molecule has 0 bridgehead atoms. The number of nitrogens with one attached hydrogen (secondary N) is 2. The lowest BCUT2D eigenvalue weighted by Gasteiger charge is -2.18. The summed E-state index contributed by atoms with van der Waals surface area (Å²) in [6.07, 6.45) is 4.35. The Morgan fingerprint density at radius 3 is 2.53 bits per heavy atom. The van der Waals surface area contributed by atoms with Gasteiger partial charge in [0.25, 0.3) is 0 Å². The number of aliphatic imine (C=N–C) groups is 1. The third-order valence-corrected chi connectivity index (χ3v) is 6.68. The van der Waals surface area contributed by atoms with Gasteiger partial charge in [0.05, 0.1) is 5.69 Å². The van der Waals surface area contributed by atoms with E-state index in [1.165, 1.54) is 17.7 Å². The first-order chi connectivity index (χ1) is 14.6. The zero-order chi connectivity index (χ0) is 21.0. The van der Waals surface area contributed by atoms with E-state index in [9.17, 15) is 0 Å². The van der Waals surface area contributed by atoms with Crippen molar-refractivity contribution in [2.24, 2.45) is 4.99 Å². The highest BCUT2D eigenvalue weighted by atomic mass is 32.2. The highest BCUT2D eigenvalue weighted by Gasteiger charge is 2.43. The molecule has 1 aliphatic carbocycles. The standard InChI is InChI=1S/C23H28N6S/c1-17-13-18(2)29(28-17)21-10-9-19(14-25-21)15-26-22(24-3)27-16-23(11-12-23)30-20-7-5-4-6-8-20/h4-10,13-14H,11-12,15-16H2,1-3H3,(H2,24,26,27). The molecule has 0 unspecified atom stereocenters. The Morgan fingerprint density at radius 2 is 1.93 bits per heavy atom. The highest BCUT2D eigenvalue weighted by Crippen LogP contribution is 2.51. The minimum absolute atomic E-state index is 0.280. The molecule has 0 spiro atoms. The maximum atomic E-state index is 4.57. The lowest BCUT2D eigenvalue weighted by Crippen LogP contribution is -2.40. The Bertz CT molecular complexity index is 1010. The number of thioether (sulfide) groups is 1. The topological polar surface area (TPSA) is 67.1 Å². The van der Waals surface area contributed by atoms with Crippen molar-refractivity contribution in [3.8, 4) is 5.82 Å². The number of hydrogen-bond donors (Lipinski definition) is 2. The van der Waals surface area contributed by atoms with Crippen molar-refractivity contribution in [2.45, 2.75) is 42.9 Å². The van der Waals surface area contributed by atoms with E-state index in [4.69, 9.17) is 0 Å². The fourth-order valence-corrected chi connectivity index (χ4v) is 4.60. The van der Waals surface area contributed by atoms with E-state index in [2.05, 4.69) is 68.2 Å². The maximum absolute atomic E-state index is 4.57. The first-order valence-corrected chi connectivity index (χ1v) is 11.1. The fourth-order valence-electron chi connectivity index (χ4n) is 3.35. The molecule has 2 aromatic heterocycles. The largest absolute Gasteiger partial charge is 0.355 e. The SMILES string of the molecule is CN=C(NCc1ccc(-n2nc(C)cc2C)nc1)NCC1(Sc2ccccc2)CC1. The number of aromatic nitrogens is 3. The molecule has 1 aromatic carbocycles. The maximum Gasteiger partial charge on any atom is 0.191 e. The summed E-state index contributed by atoms with van der Waals surface area (Å²) in [7, 11) is 1.81. The molecular formula is C23H28N6S. The third-order valence-electron chi connectivity index (χ3n) is 5.18. The van der Waals surface area contributed by atoms with Gasteiger partial charge in [0.15, 0.2) is 11.8 Å². The van der Waals surface area contributed by atoms with Gasteiger partial charge in [-0.2, -0.15) is 5.10 Å². The lowest BCUT2D eigenvalue weighted by atomic mass is 10.3. The van der Waals surface area contributed by atoms with Gasteiger partial charge in [-0.15, -0.1) is 11.8 Å². The van der Waals surface area contributed by atoms with Crippen molar-refractivity contribution >= 4 is 17.7 Å². The van der Waals surface area contributed by atoms with Crippen molar-refractivity contribution in [3.05, 3.63) is 71.7 Å². The molecule has 1 saturated carbocycles. The van der Waals surface area contributed by atoms with Crippen LogP contribution in [0.3, 0.4) is 0 Å². The highest BCUT2D eigenvalue weighted by molar-refractivity contribution is 8.01. The Morgan fingerprint density at radius 1 is 1.13 bits per heavy atom. The molecule has 2 heterocycles. The second kappa shape index (κ2) is 8.92. The van der Waals surface area contributed by atoms with Crippen LogP contribution in [-0.2, 0) is 6.54 Å². The van der Waals surface area contributed by atoms with Crippen molar-refractivity contribution in [1.29, 1.82) is 0 Å². The Kier molecular flexibility index (Phi) is 6.08. The van der Waals surface area contributed by atoms with Crippen LogP contribution in [0.25, 0.3) is 5.82 Å². The smallest absolute Gasteiger partial charge is 0.191 e. The first-order valence-electron chi connectivity index (χ1n) is 10.2. The molecule has 0 aliphatic heterocycles. The summed E-state index contributed by atoms with van der Waals surface area (Å²) < 4.78 is 2.15. The molecule has 156 valence electrons. The molecule has 1 aliphatic rings. The van der Waals surface area contributed by atoms with Crippen molar-refractivity contribution in [3.63, 3.8) is 0 Å². The monoisotopic (exact) mass is 420 g/mol. The summed E-state index contributed by atoms with van der Waals surface area (Å²) in [5.74, 6) is 1.65. The zero-order valence-electron chi connectivity index (χ0n) is 17.7. The van der Waals surface area contributed by atoms with Crippen LogP contribution in [0.5, 0.6) is 0 Å². The molecule has 6 nitrogen and oxygen atoms in total. The molecule has 0 radical (unpaired) electrons.